The first-order valence-electron chi connectivity index (χ1n) is 7.68. The number of ketones is 1. The van der Waals surface area contributed by atoms with Crippen LogP contribution in [0.4, 0.5) is 5.69 Å². The molecular weight excluding hydrogens is 312 g/mol. The predicted octanol–water partition coefficient (Wildman–Crippen LogP) is 2.00. The Morgan fingerprint density at radius 2 is 1.75 bits per heavy atom. The maximum absolute atomic E-state index is 12.1. The van der Waals surface area contributed by atoms with Crippen molar-refractivity contribution in [3.05, 3.63) is 17.7 Å². The molecule has 0 bridgehead atoms. The van der Waals surface area contributed by atoms with Gasteiger partial charge >= 0.3 is 5.97 Å². The molecule has 1 atom stereocenters. The van der Waals surface area contributed by atoms with Gasteiger partial charge in [0.15, 0.2) is 17.3 Å². The van der Waals surface area contributed by atoms with Gasteiger partial charge in [-0.3, -0.25) is 14.6 Å². The fourth-order valence-electron chi connectivity index (χ4n) is 2.59. The third kappa shape index (κ3) is 3.79. The van der Waals surface area contributed by atoms with Gasteiger partial charge < -0.3 is 14.2 Å². The van der Waals surface area contributed by atoms with Gasteiger partial charge in [0.25, 0.3) is 0 Å². The van der Waals surface area contributed by atoms with Crippen LogP contribution in [0.3, 0.4) is 0 Å². The number of methoxy groups -OCH3 is 2. The SMILES string of the molecule is COc1cc2c(cc1OC)N(CC(=O)OC(C)(C)C)NC2C(C)=O. The van der Waals surface area contributed by atoms with Gasteiger partial charge in [-0.2, -0.15) is 0 Å². The molecule has 1 aromatic rings. The minimum absolute atomic E-state index is 0.0243. The summed E-state index contributed by atoms with van der Waals surface area (Å²) in [5.41, 5.74) is 3.91. The Kier molecular flexibility index (Phi) is 5.03. The summed E-state index contributed by atoms with van der Waals surface area (Å²) >= 11 is 0. The lowest BCUT2D eigenvalue weighted by Gasteiger charge is -2.24. The molecule has 0 spiro atoms. The minimum Gasteiger partial charge on any atom is -0.493 e. The maximum atomic E-state index is 12.1. The molecule has 1 unspecified atom stereocenters. The van der Waals surface area contributed by atoms with Gasteiger partial charge in [-0.1, -0.05) is 0 Å². The lowest BCUT2D eigenvalue weighted by molar-refractivity contribution is -0.153. The van der Waals surface area contributed by atoms with Crippen LogP contribution in [0.15, 0.2) is 12.1 Å². The van der Waals surface area contributed by atoms with Crippen LogP contribution >= 0.6 is 0 Å². The van der Waals surface area contributed by atoms with Crippen molar-refractivity contribution in [3.8, 4) is 11.5 Å². The minimum atomic E-state index is -0.572. The average molecular weight is 336 g/mol. The van der Waals surface area contributed by atoms with Crippen LogP contribution in [0.25, 0.3) is 0 Å². The molecule has 0 saturated heterocycles. The van der Waals surface area contributed by atoms with E-state index < -0.39 is 11.6 Å². The van der Waals surface area contributed by atoms with Gasteiger partial charge in [-0.15, -0.1) is 0 Å². The summed E-state index contributed by atoms with van der Waals surface area (Å²) in [6.07, 6.45) is 0. The Bertz CT molecular complexity index is 651. The van der Waals surface area contributed by atoms with E-state index >= 15 is 0 Å². The Morgan fingerprint density at radius 1 is 1.17 bits per heavy atom. The molecular formula is C17H24N2O5. The van der Waals surface area contributed by atoms with Crippen LogP contribution in [-0.4, -0.2) is 38.1 Å². The monoisotopic (exact) mass is 336 g/mol. The van der Waals surface area contributed by atoms with Crippen LogP contribution in [0.1, 0.15) is 39.3 Å². The number of carbonyl (C=O) groups excluding carboxylic acids is 2. The van der Waals surface area contributed by atoms with Crippen LogP contribution < -0.4 is 19.9 Å². The van der Waals surface area contributed by atoms with E-state index in [1.807, 2.05) is 20.8 Å². The zero-order valence-corrected chi connectivity index (χ0v) is 14.9. The van der Waals surface area contributed by atoms with Crippen molar-refractivity contribution >= 4 is 17.4 Å². The zero-order valence-electron chi connectivity index (χ0n) is 14.9. The molecule has 0 radical (unpaired) electrons. The number of hydrogen-bond acceptors (Lipinski definition) is 7. The normalized spacial score (nSPS) is 16.6. The number of rotatable bonds is 5. The molecule has 1 N–H and O–H groups in total. The molecule has 0 saturated carbocycles. The number of Topliss-reactive ketones (excluding diaryl/α,β-unsaturated/α-hetero) is 1. The molecule has 7 heteroatoms. The van der Waals surface area contributed by atoms with Crippen molar-refractivity contribution in [1.82, 2.24) is 5.43 Å². The third-order valence-electron chi connectivity index (χ3n) is 3.53. The second-order valence-corrected chi connectivity index (χ2v) is 6.61. The molecule has 1 aromatic carbocycles. The summed E-state index contributed by atoms with van der Waals surface area (Å²) < 4.78 is 16.0. The van der Waals surface area contributed by atoms with Crippen molar-refractivity contribution in [2.45, 2.75) is 39.3 Å². The first-order chi connectivity index (χ1) is 11.2. The van der Waals surface area contributed by atoms with Gasteiger partial charge in [-0.05, 0) is 33.8 Å². The van der Waals surface area contributed by atoms with Crippen LogP contribution in [-0.2, 0) is 14.3 Å². The average Bonchev–Trinajstić information content (AvgIpc) is 2.81. The lowest BCUT2D eigenvalue weighted by atomic mass is 10.0. The number of hydrogen-bond donors (Lipinski definition) is 1. The molecule has 0 amide bonds. The summed E-state index contributed by atoms with van der Waals surface area (Å²) in [6.45, 7) is 6.90. The first-order valence-corrected chi connectivity index (χ1v) is 7.68. The Labute approximate surface area is 141 Å². The molecule has 0 aliphatic carbocycles. The number of nitrogens with zero attached hydrogens (tertiary/aromatic N) is 1. The highest BCUT2D eigenvalue weighted by Crippen LogP contribution is 2.41. The highest BCUT2D eigenvalue weighted by molar-refractivity contribution is 5.89. The zero-order chi connectivity index (χ0) is 18.1. The standard InChI is InChI=1S/C17H24N2O5/c1-10(20)16-11-7-13(22-5)14(23-6)8-12(11)19(18-16)9-15(21)24-17(2,3)4/h7-8,16,18H,9H2,1-6H3. The number of benzene rings is 1. The molecule has 1 heterocycles. The molecule has 24 heavy (non-hydrogen) atoms. The number of esters is 1. The highest BCUT2D eigenvalue weighted by Gasteiger charge is 2.34. The number of ether oxygens (including phenoxy) is 3. The van der Waals surface area contributed by atoms with Gasteiger partial charge in [0.2, 0.25) is 0 Å². The summed E-state index contributed by atoms with van der Waals surface area (Å²) in [4.78, 5) is 24.1. The highest BCUT2D eigenvalue weighted by atomic mass is 16.6. The van der Waals surface area contributed by atoms with E-state index in [-0.39, 0.29) is 18.3 Å². The smallest absolute Gasteiger partial charge is 0.327 e. The lowest BCUT2D eigenvalue weighted by Crippen LogP contribution is -2.42. The Hall–Kier alpha value is -2.28. The second kappa shape index (κ2) is 6.68. The van der Waals surface area contributed by atoms with E-state index in [1.54, 1.807) is 17.1 Å². The number of anilines is 1. The van der Waals surface area contributed by atoms with Crippen LogP contribution in [0.5, 0.6) is 11.5 Å². The summed E-state index contributed by atoms with van der Waals surface area (Å²) in [7, 11) is 3.07. The Balaban J connectivity index is 2.34. The van der Waals surface area contributed by atoms with Crippen LogP contribution in [0, 0.1) is 0 Å². The topological polar surface area (TPSA) is 77.1 Å². The number of hydrazine groups is 1. The van der Waals surface area contributed by atoms with Gasteiger partial charge in [0.1, 0.15) is 18.2 Å². The molecule has 0 fully saturated rings. The molecule has 2 rings (SSSR count). The molecule has 7 nitrogen and oxygen atoms in total. The van der Waals surface area contributed by atoms with Crippen molar-refractivity contribution in [1.29, 1.82) is 0 Å². The fraction of sp³-hybridized carbons (Fsp3) is 0.529. The van der Waals surface area contributed by atoms with Gasteiger partial charge in [0.05, 0.1) is 19.9 Å². The van der Waals surface area contributed by atoms with E-state index in [0.29, 0.717) is 17.2 Å². The van der Waals surface area contributed by atoms with E-state index in [1.165, 1.54) is 21.1 Å². The van der Waals surface area contributed by atoms with Crippen molar-refractivity contribution in [2.24, 2.45) is 0 Å². The van der Waals surface area contributed by atoms with Gasteiger partial charge in [-0.25, -0.2) is 5.43 Å². The third-order valence-corrected chi connectivity index (χ3v) is 3.53. The maximum Gasteiger partial charge on any atom is 0.327 e. The summed E-state index contributed by atoms with van der Waals surface area (Å²) in [5, 5.41) is 1.61. The van der Waals surface area contributed by atoms with E-state index in [9.17, 15) is 9.59 Å². The molecule has 1 aliphatic rings. The Morgan fingerprint density at radius 3 is 2.25 bits per heavy atom. The predicted molar refractivity (Wildman–Crippen MR) is 89.3 cm³/mol. The molecule has 0 aromatic heterocycles. The van der Waals surface area contributed by atoms with Crippen molar-refractivity contribution in [3.63, 3.8) is 0 Å². The van der Waals surface area contributed by atoms with E-state index in [2.05, 4.69) is 5.43 Å². The quantitative estimate of drug-likeness (QED) is 0.824. The molecule has 1 aliphatic heterocycles. The first kappa shape index (κ1) is 18.1. The van der Waals surface area contributed by atoms with Crippen molar-refractivity contribution in [2.75, 3.05) is 25.8 Å². The molecule has 132 valence electrons. The number of fused-ring (bicyclic) bond motifs is 1. The fourth-order valence-corrected chi connectivity index (χ4v) is 2.59. The summed E-state index contributed by atoms with van der Waals surface area (Å²) in [6, 6.07) is 2.96. The number of carbonyl (C=O) groups is 2. The number of nitrogens with one attached hydrogen (secondary N) is 1. The van der Waals surface area contributed by atoms with Crippen LogP contribution in [0.2, 0.25) is 0 Å². The second-order valence-electron chi connectivity index (χ2n) is 6.61. The van der Waals surface area contributed by atoms with Gasteiger partial charge in [0, 0.05) is 11.6 Å². The largest absolute Gasteiger partial charge is 0.493 e. The van der Waals surface area contributed by atoms with Crippen molar-refractivity contribution < 1.29 is 23.8 Å². The van der Waals surface area contributed by atoms with E-state index in [0.717, 1.165) is 5.56 Å². The summed E-state index contributed by atoms with van der Waals surface area (Å²) in [5.74, 6) is 0.606. The van der Waals surface area contributed by atoms with E-state index in [4.69, 9.17) is 14.2 Å².